The third-order valence-corrected chi connectivity index (χ3v) is 7.00. The zero-order valence-corrected chi connectivity index (χ0v) is 21.1. The van der Waals surface area contributed by atoms with Gasteiger partial charge >= 0.3 is 0 Å². The molecule has 0 fully saturated rings. The van der Waals surface area contributed by atoms with Crippen LogP contribution in [0, 0.1) is 0 Å². The number of hydrogen-bond donors (Lipinski definition) is 4. The first-order valence-electron chi connectivity index (χ1n) is 11.7. The van der Waals surface area contributed by atoms with Crippen LogP contribution in [-0.4, -0.2) is 40.5 Å². The van der Waals surface area contributed by atoms with Crippen LogP contribution in [0.15, 0.2) is 113 Å². The fraction of sp³-hybridized carbons (Fsp3) is 0. The number of nitrogens with zero attached hydrogens (tertiary/aromatic N) is 3. The van der Waals surface area contributed by atoms with Gasteiger partial charge in [0, 0.05) is 53.0 Å². The number of carbonyl (C=O) groups excluding carboxylic acids is 1. The number of aromatic amines is 1. The van der Waals surface area contributed by atoms with Gasteiger partial charge in [-0.15, -0.1) is 0 Å². The number of carbonyl (C=O) groups is 1. The number of ketones is 1. The molecule has 5 aromatic rings. The molecule has 5 rings (SSSR count). The Morgan fingerprint density at radius 3 is 2.38 bits per heavy atom. The monoisotopic (exact) mass is 538 g/mol. The van der Waals surface area contributed by atoms with Crippen molar-refractivity contribution in [2.45, 2.75) is 4.90 Å². The second-order valence-corrected chi connectivity index (χ2v) is 9.96. The van der Waals surface area contributed by atoms with E-state index in [-0.39, 0.29) is 22.5 Å². The zero-order chi connectivity index (χ0) is 27.2. The van der Waals surface area contributed by atoms with E-state index in [2.05, 4.69) is 30.0 Å². The summed E-state index contributed by atoms with van der Waals surface area (Å²) in [6.45, 7) is 0. The minimum atomic E-state index is -3.83. The van der Waals surface area contributed by atoms with Gasteiger partial charge in [-0.2, -0.15) is 0 Å². The molecule has 10 nitrogen and oxygen atoms in total. The van der Waals surface area contributed by atoms with E-state index in [1.54, 1.807) is 48.7 Å². The van der Waals surface area contributed by atoms with Gasteiger partial charge in [-0.3, -0.25) is 9.79 Å². The first kappa shape index (κ1) is 25.4. The van der Waals surface area contributed by atoms with Crippen LogP contribution in [0.3, 0.4) is 0 Å². The largest absolute Gasteiger partial charge is 0.494 e. The van der Waals surface area contributed by atoms with Crippen molar-refractivity contribution < 1.29 is 18.3 Å². The fourth-order valence-corrected chi connectivity index (χ4v) is 4.66. The van der Waals surface area contributed by atoms with Gasteiger partial charge in [0.25, 0.3) is 10.0 Å². The third kappa shape index (κ3) is 6.00. The molecule has 0 aliphatic carbocycles. The Kier molecular flexibility index (Phi) is 7.15. The molecule has 0 saturated carbocycles. The molecule has 0 spiro atoms. The Hall–Kier alpha value is -5.29. The minimum Gasteiger partial charge on any atom is -0.494 e. The molecule has 39 heavy (non-hydrogen) atoms. The number of aromatic hydroxyl groups is 1. The molecular formula is C28H22N6O4S. The van der Waals surface area contributed by atoms with Crippen molar-refractivity contribution in [1.82, 2.24) is 15.0 Å². The number of rotatable bonds is 9. The van der Waals surface area contributed by atoms with E-state index in [1.807, 2.05) is 24.3 Å². The first-order chi connectivity index (χ1) is 18.9. The van der Waals surface area contributed by atoms with Gasteiger partial charge in [-0.1, -0.05) is 18.2 Å². The summed E-state index contributed by atoms with van der Waals surface area (Å²) in [5.74, 6) is -0.202. The van der Waals surface area contributed by atoms with E-state index in [0.717, 1.165) is 10.9 Å². The molecule has 2 aromatic heterocycles. The number of nitrogens with one attached hydrogen (secondary N) is 3. The zero-order valence-electron chi connectivity index (χ0n) is 20.3. The van der Waals surface area contributed by atoms with Gasteiger partial charge < -0.3 is 15.4 Å². The lowest BCUT2D eigenvalue weighted by atomic mass is 10.1. The summed E-state index contributed by atoms with van der Waals surface area (Å²) >= 11 is 0. The second-order valence-electron chi connectivity index (χ2n) is 8.28. The number of aliphatic imine (C=N–C) groups is 1. The molecule has 3 aromatic carbocycles. The van der Waals surface area contributed by atoms with Crippen molar-refractivity contribution in [1.29, 1.82) is 0 Å². The van der Waals surface area contributed by atoms with Crippen LogP contribution in [0.1, 0.15) is 15.9 Å². The van der Waals surface area contributed by atoms with Crippen LogP contribution < -0.4 is 10.0 Å². The van der Waals surface area contributed by atoms with Crippen LogP contribution in [-0.2, 0) is 10.0 Å². The lowest BCUT2D eigenvalue weighted by Crippen LogP contribution is -2.14. The Morgan fingerprint density at radius 1 is 0.923 bits per heavy atom. The average molecular weight is 539 g/mol. The first-order valence-corrected chi connectivity index (χ1v) is 13.2. The fourth-order valence-electron chi connectivity index (χ4n) is 3.70. The molecule has 0 saturated heterocycles. The molecule has 4 N–H and O–H groups in total. The van der Waals surface area contributed by atoms with Gasteiger partial charge in [0.2, 0.25) is 5.95 Å². The van der Waals surface area contributed by atoms with Gasteiger partial charge in [0.05, 0.1) is 16.1 Å². The number of anilines is 2. The van der Waals surface area contributed by atoms with Crippen molar-refractivity contribution in [3.05, 3.63) is 115 Å². The lowest BCUT2D eigenvalue weighted by Gasteiger charge is -2.07. The summed E-state index contributed by atoms with van der Waals surface area (Å²) in [6, 6.07) is 21.9. The number of allylic oxidation sites excluding steroid dienone is 1. The van der Waals surface area contributed by atoms with E-state index >= 15 is 0 Å². The number of hydrogen-bond acceptors (Lipinski definition) is 8. The Balaban J connectivity index is 1.18. The molecule has 0 bridgehead atoms. The molecule has 194 valence electrons. The molecule has 2 heterocycles. The average Bonchev–Trinajstić information content (AvgIpc) is 3.27. The molecule has 11 heteroatoms. The number of aromatic nitrogens is 3. The highest BCUT2D eigenvalue weighted by molar-refractivity contribution is 7.92. The highest BCUT2D eigenvalue weighted by atomic mass is 32.2. The molecule has 0 radical (unpaired) electrons. The number of para-hydroxylation sites is 1. The molecular weight excluding hydrogens is 516 g/mol. The Labute approximate surface area is 223 Å². The van der Waals surface area contributed by atoms with E-state index in [9.17, 15) is 18.3 Å². The summed E-state index contributed by atoms with van der Waals surface area (Å²) in [7, 11) is -3.83. The topological polar surface area (TPSA) is 149 Å². The van der Waals surface area contributed by atoms with Crippen LogP contribution in [0.5, 0.6) is 5.88 Å². The van der Waals surface area contributed by atoms with Crippen molar-refractivity contribution in [3.63, 3.8) is 0 Å². The standard InChI is InChI=1S/C28H22N6O4S/c35-26(14-17-29-20-10-12-22(13-11-20)39(37,38)34-28-30-15-3-16-31-28)19-6-8-21(9-7-19)32-18-24-23-4-1-2-5-25(23)33-27(24)36/h1-18,29,33,36H,(H,30,31,34)/b17-14+,32-18?. The van der Waals surface area contributed by atoms with Crippen molar-refractivity contribution in [2.24, 2.45) is 4.99 Å². The highest BCUT2D eigenvalue weighted by Crippen LogP contribution is 2.26. The minimum absolute atomic E-state index is 0.0189. The van der Waals surface area contributed by atoms with E-state index in [0.29, 0.717) is 22.5 Å². The predicted molar refractivity (Wildman–Crippen MR) is 150 cm³/mol. The smallest absolute Gasteiger partial charge is 0.264 e. The molecule has 0 amide bonds. The quantitative estimate of drug-likeness (QED) is 0.117. The molecule has 0 aliphatic heterocycles. The Morgan fingerprint density at radius 2 is 1.64 bits per heavy atom. The lowest BCUT2D eigenvalue weighted by molar-refractivity contribution is 0.104. The molecule has 0 atom stereocenters. The van der Waals surface area contributed by atoms with E-state index < -0.39 is 10.0 Å². The number of benzene rings is 3. The van der Waals surface area contributed by atoms with Crippen molar-refractivity contribution in [3.8, 4) is 5.88 Å². The maximum absolute atomic E-state index is 12.5. The van der Waals surface area contributed by atoms with Gasteiger partial charge in [-0.25, -0.2) is 23.1 Å². The summed E-state index contributed by atoms with van der Waals surface area (Å²) < 4.78 is 27.3. The maximum Gasteiger partial charge on any atom is 0.264 e. The van der Waals surface area contributed by atoms with E-state index in [1.165, 1.54) is 36.8 Å². The summed E-state index contributed by atoms with van der Waals surface area (Å²) in [4.78, 5) is 27.6. The highest BCUT2D eigenvalue weighted by Gasteiger charge is 2.15. The SMILES string of the molecule is O=C(/C=C/Nc1ccc(S(=O)(=O)Nc2ncccn2)cc1)c1ccc(N=Cc2c(O)[nH]c3ccccc23)cc1. The van der Waals surface area contributed by atoms with Crippen LogP contribution in [0.4, 0.5) is 17.3 Å². The number of sulfonamides is 1. The van der Waals surface area contributed by atoms with Crippen molar-refractivity contribution in [2.75, 3.05) is 10.0 Å². The summed E-state index contributed by atoms with van der Waals surface area (Å²) in [6.07, 6.45) is 7.31. The van der Waals surface area contributed by atoms with Gasteiger partial charge in [0.1, 0.15) is 0 Å². The van der Waals surface area contributed by atoms with Crippen LogP contribution in [0.25, 0.3) is 10.9 Å². The Bertz CT molecular complexity index is 1780. The van der Waals surface area contributed by atoms with Crippen LogP contribution in [0.2, 0.25) is 0 Å². The van der Waals surface area contributed by atoms with Crippen LogP contribution >= 0.6 is 0 Å². The summed E-state index contributed by atoms with van der Waals surface area (Å²) in [5, 5.41) is 14.0. The van der Waals surface area contributed by atoms with Crippen molar-refractivity contribution >= 4 is 50.2 Å². The third-order valence-electron chi connectivity index (χ3n) is 5.66. The normalized spacial score (nSPS) is 11.8. The predicted octanol–water partition coefficient (Wildman–Crippen LogP) is 5.02. The molecule has 0 unspecified atom stereocenters. The number of fused-ring (bicyclic) bond motifs is 1. The summed E-state index contributed by atoms with van der Waals surface area (Å²) in [5.41, 5.74) is 3.10. The van der Waals surface area contributed by atoms with E-state index in [4.69, 9.17) is 0 Å². The maximum atomic E-state index is 12.5. The second kappa shape index (κ2) is 11.0. The van der Waals surface area contributed by atoms with Gasteiger partial charge in [-0.05, 0) is 60.7 Å². The number of H-pyrrole nitrogens is 1. The van der Waals surface area contributed by atoms with Gasteiger partial charge in [0.15, 0.2) is 11.7 Å². The molecule has 0 aliphatic rings.